The number of aromatic nitrogens is 1. The topological polar surface area (TPSA) is 47.6 Å². The molecule has 0 unspecified atom stereocenters. The van der Waals surface area contributed by atoms with E-state index in [2.05, 4.69) is 16.0 Å². The summed E-state index contributed by atoms with van der Waals surface area (Å²) in [6.07, 6.45) is 6.06. The lowest BCUT2D eigenvalue weighted by Gasteiger charge is -2.17. The molecule has 1 aromatic carbocycles. The fourth-order valence-corrected chi connectivity index (χ4v) is 3.04. The third-order valence-electron chi connectivity index (χ3n) is 4.22. The fourth-order valence-electron chi connectivity index (χ4n) is 3.04. The summed E-state index contributed by atoms with van der Waals surface area (Å²) in [6, 6.07) is 11.8. The van der Waals surface area contributed by atoms with Crippen molar-refractivity contribution < 1.29 is 9.40 Å². The van der Waals surface area contributed by atoms with Crippen LogP contribution in [-0.2, 0) is 0 Å². The van der Waals surface area contributed by atoms with E-state index in [-0.39, 0.29) is 5.63 Å². The number of aromatic amines is 1. The molecule has 0 saturated carbocycles. The molecule has 0 aliphatic carbocycles. The molecule has 3 heterocycles. The molecule has 110 valence electrons. The van der Waals surface area contributed by atoms with Gasteiger partial charge in [0.2, 0.25) is 0 Å². The molecule has 22 heavy (non-hydrogen) atoms. The Hall–Kier alpha value is -2.62. The van der Waals surface area contributed by atoms with Gasteiger partial charge >= 0.3 is 5.63 Å². The Balaban J connectivity index is 1.82. The maximum absolute atomic E-state index is 12.3. The molecule has 0 atom stereocenters. The van der Waals surface area contributed by atoms with Crippen molar-refractivity contribution in [1.82, 2.24) is 0 Å². The van der Waals surface area contributed by atoms with E-state index in [0.29, 0.717) is 11.1 Å². The molecule has 0 amide bonds. The van der Waals surface area contributed by atoms with E-state index >= 15 is 0 Å². The highest BCUT2D eigenvalue weighted by atomic mass is 16.4. The first-order chi connectivity index (χ1) is 10.8. The summed E-state index contributed by atoms with van der Waals surface area (Å²) in [5.41, 5.74) is 2.95. The first-order valence-corrected chi connectivity index (χ1v) is 7.61. The summed E-state index contributed by atoms with van der Waals surface area (Å²) in [5, 5.41) is 0.949. The van der Waals surface area contributed by atoms with Gasteiger partial charge < -0.3 is 9.32 Å². The highest BCUT2D eigenvalue weighted by molar-refractivity contribution is 5.84. The van der Waals surface area contributed by atoms with Crippen molar-refractivity contribution in [2.24, 2.45) is 0 Å². The third kappa shape index (κ3) is 2.26. The van der Waals surface area contributed by atoms with Gasteiger partial charge in [-0.2, -0.15) is 0 Å². The largest absolute Gasteiger partial charge is 0.422 e. The van der Waals surface area contributed by atoms with Crippen LogP contribution in [0.15, 0.2) is 58.0 Å². The SMILES string of the molecule is O=c1oc2cc(N3CCCC3)ccc2cc1-c1cc[nH+]cc1. The second-order valence-electron chi connectivity index (χ2n) is 5.65. The molecule has 1 aliphatic rings. The van der Waals surface area contributed by atoms with E-state index in [0.717, 1.165) is 29.7 Å². The summed E-state index contributed by atoms with van der Waals surface area (Å²) in [6.45, 7) is 2.16. The Morgan fingerprint density at radius 1 is 1.00 bits per heavy atom. The number of anilines is 1. The molecule has 0 spiro atoms. The standard InChI is InChI=1S/C18H16N2O2/c21-18-16(13-5-7-19-8-6-13)11-14-3-4-15(12-17(14)22-18)20-9-1-2-10-20/h3-8,11-12H,1-2,9-10H2/p+1. The number of hydrogen-bond acceptors (Lipinski definition) is 3. The van der Waals surface area contributed by atoms with Gasteiger partial charge in [-0.3, -0.25) is 0 Å². The number of nitrogens with zero attached hydrogens (tertiary/aromatic N) is 1. The van der Waals surface area contributed by atoms with Gasteiger partial charge in [0.25, 0.3) is 0 Å². The van der Waals surface area contributed by atoms with Crippen molar-refractivity contribution in [2.45, 2.75) is 12.8 Å². The average molecular weight is 293 g/mol. The summed E-state index contributed by atoms with van der Waals surface area (Å²) in [5.74, 6) is 0. The molecule has 3 aromatic rings. The van der Waals surface area contributed by atoms with Crippen LogP contribution >= 0.6 is 0 Å². The smallest absolute Gasteiger partial charge is 0.344 e. The summed E-state index contributed by atoms with van der Waals surface area (Å²) >= 11 is 0. The Bertz CT molecular complexity index is 865. The van der Waals surface area contributed by atoms with Crippen LogP contribution in [0, 0.1) is 0 Å². The molecule has 1 fully saturated rings. The predicted molar refractivity (Wildman–Crippen MR) is 85.9 cm³/mol. The molecule has 4 heteroatoms. The van der Waals surface area contributed by atoms with E-state index in [9.17, 15) is 4.79 Å². The number of rotatable bonds is 2. The van der Waals surface area contributed by atoms with Crippen molar-refractivity contribution in [2.75, 3.05) is 18.0 Å². The van der Waals surface area contributed by atoms with Gasteiger partial charge in [0.15, 0.2) is 12.4 Å². The van der Waals surface area contributed by atoms with E-state index in [1.165, 1.54) is 12.8 Å². The molecule has 4 rings (SSSR count). The molecular weight excluding hydrogens is 276 g/mol. The number of pyridine rings is 1. The minimum Gasteiger partial charge on any atom is -0.422 e. The van der Waals surface area contributed by atoms with Crippen LogP contribution in [0.25, 0.3) is 22.1 Å². The van der Waals surface area contributed by atoms with Crippen LogP contribution in [0.1, 0.15) is 12.8 Å². The normalized spacial score (nSPS) is 14.6. The number of fused-ring (bicyclic) bond motifs is 1. The Morgan fingerprint density at radius 3 is 2.55 bits per heavy atom. The molecule has 1 aliphatic heterocycles. The zero-order valence-corrected chi connectivity index (χ0v) is 12.2. The van der Waals surface area contributed by atoms with Crippen molar-refractivity contribution in [3.05, 3.63) is 59.2 Å². The second-order valence-corrected chi connectivity index (χ2v) is 5.65. The molecule has 4 nitrogen and oxygen atoms in total. The van der Waals surface area contributed by atoms with Crippen LogP contribution < -0.4 is 15.5 Å². The number of benzene rings is 1. The minimum atomic E-state index is -0.294. The number of nitrogens with one attached hydrogen (secondary N) is 1. The van der Waals surface area contributed by atoms with Gasteiger partial charge in [-0.15, -0.1) is 0 Å². The molecular formula is C18H17N2O2+. The van der Waals surface area contributed by atoms with E-state index in [4.69, 9.17) is 4.42 Å². The maximum atomic E-state index is 12.3. The van der Waals surface area contributed by atoms with Crippen LogP contribution in [0.5, 0.6) is 0 Å². The van der Waals surface area contributed by atoms with Crippen molar-refractivity contribution in [1.29, 1.82) is 0 Å². The second kappa shape index (κ2) is 5.30. The van der Waals surface area contributed by atoms with Gasteiger partial charge in [0, 0.05) is 47.9 Å². The number of H-pyrrole nitrogens is 1. The lowest BCUT2D eigenvalue weighted by atomic mass is 10.1. The molecule has 2 aromatic heterocycles. The summed E-state index contributed by atoms with van der Waals surface area (Å²) < 4.78 is 5.56. The van der Waals surface area contributed by atoms with Crippen molar-refractivity contribution >= 4 is 16.7 Å². The summed E-state index contributed by atoms with van der Waals surface area (Å²) in [4.78, 5) is 17.6. The van der Waals surface area contributed by atoms with Crippen LogP contribution in [0.2, 0.25) is 0 Å². The quantitative estimate of drug-likeness (QED) is 0.683. The molecule has 0 radical (unpaired) electrons. The predicted octanol–water partition coefficient (Wildman–Crippen LogP) is 2.87. The molecule has 1 N–H and O–H groups in total. The lowest BCUT2D eigenvalue weighted by Crippen LogP contribution is -2.17. The highest BCUT2D eigenvalue weighted by Crippen LogP contribution is 2.26. The Kier molecular flexibility index (Phi) is 3.15. The first kappa shape index (κ1) is 13.1. The van der Waals surface area contributed by atoms with E-state index < -0.39 is 0 Å². The average Bonchev–Trinajstić information content (AvgIpc) is 3.09. The molecule has 1 saturated heterocycles. The number of hydrogen-bond donors (Lipinski definition) is 0. The van der Waals surface area contributed by atoms with Crippen LogP contribution in [-0.4, -0.2) is 13.1 Å². The zero-order valence-electron chi connectivity index (χ0n) is 12.2. The van der Waals surface area contributed by atoms with Crippen molar-refractivity contribution in [3.63, 3.8) is 0 Å². The minimum absolute atomic E-state index is 0.294. The van der Waals surface area contributed by atoms with Gasteiger partial charge in [-0.05, 0) is 31.0 Å². The van der Waals surface area contributed by atoms with Crippen LogP contribution in [0.3, 0.4) is 0 Å². The zero-order chi connectivity index (χ0) is 14.9. The van der Waals surface area contributed by atoms with Crippen LogP contribution in [0.4, 0.5) is 5.69 Å². The van der Waals surface area contributed by atoms with Gasteiger partial charge in [0.05, 0.1) is 5.56 Å². The Labute approximate surface area is 128 Å². The van der Waals surface area contributed by atoms with E-state index in [1.54, 1.807) is 12.4 Å². The van der Waals surface area contributed by atoms with Gasteiger partial charge in [0.1, 0.15) is 5.58 Å². The van der Waals surface area contributed by atoms with Crippen molar-refractivity contribution in [3.8, 4) is 11.1 Å². The van der Waals surface area contributed by atoms with E-state index in [1.807, 2.05) is 30.3 Å². The first-order valence-electron chi connectivity index (χ1n) is 7.61. The van der Waals surface area contributed by atoms with Gasteiger partial charge in [-0.1, -0.05) is 0 Å². The highest BCUT2D eigenvalue weighted by Gasteiger charge is 2.14. The monoisotopic (exact) mass is 293 g/mol. The summed E-state index contributed by atoms with van der Waals surface area (Å²) in [7, 11) is 0. The fraction of sp³-hybridized carbons (Fsp3) is 0.222. The third-order valence-corrected chi connectivity index (χ3v) is 4.22. The Morgan fingerprint density at radius 2 is 1.77 bits per heavy atom. The molecule has 0 bridgehead atoms. The maximum Gasteiger partial charge on any atom is 0.344 e. The van der Waals surface area contributed by atoms with Gasteiger partial charge in [-0.25, -0.2) is 9.78 Å². The lowest BCUT2D eigenvalue weighted by molar-refractivity contribution is -0.377.